The summed E-state index contributed by atoms with van der Waals surface area (Å²) < 4.78 is 0. The lowest BCUT2D eigenvalue weighted by atomic mass is 10.0. The van der Waals surface area contributed by atoms with E-state index in [0.29, 0.717) is 129 Å². The lowest BCUT2D eigenvalue weighted by Gasteiger charge is -2.20. The fourth-order valence-electron chi connectivity index (χ4n) is 5.98. The van der Waals surface area contributed by atoms with E-state index in [2.05, 4.69) is 39.8 Å². The van der Waals surface area contributed by atoms with Gasteiger partial charge in [-0.25, -0.2) is 0 Å². The van der Waals surface area contributed by atoms with Crippen LogP contribution in [0.4, 0.5) is 0 Å². The molecule has 0 spiro atoms. The van der Waals surface area contributed by atoms with Gasteiger partial charge < -0.3 is 30.6 Å². The summed E-state index contributed by atoms with van der Waals surface area (Å²) in [5, 5.41) is 64.7. The highest BCUT2D eigenvalue weighted by atomic mass is 16.3. The number of rotatable bonds is 0. The van der Waals surface area contributed by atoms with Crippen molar-refractivity contribution >= 4 is 37.3 Å². The molecule has 280 valence electrons. The van der Waals surface area contributed by atoms with Gasteiger partial charge in [-0.2, -0.15) is 0 Å². The van der Waals surface area contributed by atoms with Crippen LogP contribution in [0.2, 0.25) is 0 Å². The van der Waals surface area contributed by atoms with E-state index in [1.165, 1.54) is 0 Å². The lowest BCUT2D eigenvalue weighted by molar-refractivity contribution is 0.298. The first-order chi connectivity index (χ1) is 25.5. The van der Waals surface area contributed by atoms with Gasteiger partial charge in [0.05, 0.1) is 39.3 Å². The Bertz CT molecular complexity index is 1620. The second kappa shape index (κ2) is 18.2. The number of phenolic OH excluding ortho intramolecular Hbond substituents is 6. The average molecular weight is 725 g/mol. The van der Waals surface area contributed by atoms with Crippen LogP contribution in [0.5, 0.6) is 34.5 Å². The van der Waals surface area contributed by atoms with Crippen LogP contribution in [-0.4, -0.2) is 156 Å². The first kappa shape index (κ1) is 38.6. The van der Waals surface area contributed by atoms with E-state index in [1.54, 1.807) is 76.3 Å². The number of phenols is 6. The Labute approximate surface area is 309 Å². The van der Waals surface area contributed by atoms with E-state index in [9.17, 15) is 30.6 Å². The first-order valence-electron chi connectivity index (χ1n) is 17.6. The molecule has 6 N–H and O–H groups in total. The van der Waals surface area contributed by atoms with Crippen molar-refractivity contribution in [2.45, 2.75) is 20.8 Å². The summed E-state index contributed by atoms with van der Waals surface area (Å²) in [7, 11) is 0. The normalized spacial score (nSPS) is 19.1. The summed E-state index contributed by atoms with van der Waals surface area (Å²) in [6, 6.07) is 4.98. The second-order valence-electron chi connectivity index (χ2n) is 13.0. The van der Waals surface area contributed by atoms with Gasteiger partial charge in [0, 0.05) is 127 Å². The van der Waals surface area contributed by atoms with Gasteiger partial charge in [-0.15, -0.1) is 0 Å². The largest absolute Gasteiger partial charge is 0.507 e. The van der Waals surface area contributed by atoms with Crippen LogP contribution in [-0.2, 0) is 0 Å². The molecule has 3 aliphatic rings. The Morgan fingerprint density at radius 2 is 0.509 bits per heavy atom. The Hall–Kier alpha value is -5.60. The van der Waals surface area contributed by atoms with Crippen molar-refractivity contribution in [2.24, 2.45) is 30.0 Å². The molecule has 3 aliphatic heterocycles. The molecule has 3 aromatic carbocycles. The van der Waals surface area contributed by atoms with Crippen molar-refractivity contribution in [3.63, 3.8) is 0 Å². The summed E-state index contributed by atoms with van der Waals surface area (Å²) in [5.41, 5.74) is 3.81. The van der Waals surface area contributed by atoms with E-state index in [4.69, 9.17) is 0 Å². The SMILES string of the molecule is Cc1c(O)c2cc(c1O)C=NCCN1CCN=Cc3cc(c(O)c(C)c3O)C=NCCN(CCN=C2)CCN=Cc2cc(c(O)c(C)c2O)C=NCC1. The van der Waals surface area contributed by atoms with Crippen molar-refractivity contribution < 1.29 is 30.6 Å². The number of benzene rings is 3. The van der Waals surface area contributed by atoms with Crippen molar-refractivity contribution in [2.75, 3.05) is 78.5 Å². The molecule has 0 amide bonds. The van der Waals surface area contributed by atoms with Crippen molar-refractivity contribution in [1.82, 2.24) is 9.80 Å². The maximum atomic E-state index is 10.8. The smallest absolute Gasteiger partial charge is 0.130 e. The standard InChI is InChI=1S/C39H48N8O6/c1-25-34(48)28-16-29(35(25)49)20-41-5-11-47-13-7-43-22-31-17-30(36(50)26(2)37(31)51)21-42-6-12-46(10-4-40-19-28)14-8-44-23-32-18-33(24-45-9-15-47)39(53)27(3)38(32)52/h16-24,48-53H,4-15H2,1-3H3. The number of aliphatic imine (C=N–C) groups is 6. The van der Waals surface area contributed by atoms with Gasteiger partial charge in [-0.05, 0) is 39.0 Å². The molecule has 6 rings (SSSR count). The molecule has 0 radical (unpaired) electrons. The fraction of sp³-hybridized carbons (Fsp3) is 0.385. The molecule has 53 heavy (non-hydrogen) atoms. The van der Waals surface area contributed by atoms with E-state index in [-0.39, 0.29) is 34.5 Å². The van der Waals surface area contributed by atoms with E-state index < -0.39 is 0 Å². The lowest BCUT2D eigenvalue weighted by Crippen LogP contribution is -2.31. The van der Waals surface area contributed by atoms with Crippen LogP contribution < -0.4 is 0 Å². The number of aromatic hydroxyl groups is 6. The molecule has 0 atom stereocenters. The molecular formula is C39H48N8O6. The molecule has 0 saturated carbocycles. The fourth-order valence-corrected chi connectivity index (χ4v) is 5.98. The predicted octanol–water partition coefficient (Wildman–Crippen LogP) is 3.39. The molecule has 0 saturated heterocycles. The highest BCUT2D eigenvalue weighted by Gasteiger charge is 2.15. The summed E-state index contributed by atoms with van der Waals surface area (Å²) in [6.45, 7) is 10.5. The average Bonchev–Trinajstić information content (AvgIpc) is 3.15. The van der Waals surface area contributed by atoms with Crippen LogP contribution in [0.15, 0.2) is 48.2 Å². The number of hydrogen-bond donors (Lipinski definition) is 6. The Morgan fingerprint density at radius 1 is 0.340 bits per heavy atom. The van der Waals surface area contributed by atoms with Crippen LogP contribution >= 0.6 is 0 Å². The number of hydrogen-bond acceptors (Lipinski definition) is 14. The number of nitrogens with zero attached hydrogens (tertiary/aromatic N) is 8. The van der Waals surface area contributed by atoms with Crippen LogP contribution in [0.3, 0.4) is 0 Å². The minimum absolute atomic E-state index is 0.0501. The quantitative estimate of drug-likeness (QED) is 0.203. The van der Waals surface area contributed by atoms with Crippen molar-refractivity contribution in [3.8, 4) is 34.5 Å². The van der Waals surface area contributed by atoms with E-state index in [0.717, 1.165) is 0 Å². The van der Waals surface area contributed by atoms with Crippen molar-refractivity contribution in [1.29, 1.82) is 0 Å². The zero-order valence-corrected chi connectivity index (χ0v) is 30.4. The summed E-state index contributed by atoms with van der Waals surface area (Å²) in [4.78, 5) is 31.8. The maximum Gasteiger partial charge on any atom is 0.130 e. The summed E-state index contributed by atoms with van der Waals surface area (Å²) in [5.74, 6) is -0.301. The molecule has 14 heteroatoms. The zero-order valence-electron chi connectivity index (χ0n) is 30.4. The van der Waals surface area contributed by atoms with Gasteiger partial charge in [-0.1, -0.05) is 0 Å². The first-order valence-corrected chi connectivity index (χ1v) is 17.6. The zero-order chi connectivity index (χ0) is 37.9. The van der Waals surface area contributed by atoms with Crippen LogP contribution in [0.25, 0.3) is 0 Å². The maximum absolute atomic E-state index is 10.8. The monoisotopic (exact) mass is 724 g/mol. The number of fused-ring (bicyclic) bond motifs is 12. The Kier molecular flexibility index (Phi) is 13.3. The van der Waals surface area contributed by atoms with Gasteiger partial charge in [-0.3, -0.25) is 39.8 Å². The van der Waals surface area contributed by atoms with Crippen molar-refractivity contribution in [3.05, 3.63) is 68.3 Å². The van der Waals surface area contributed by atoms with Crippen LogP contribution in [0.1, 0.15) is 50.1 Å². The minimum Gasteiger partial charge on any atom is -0.507 e. The van der Waals surface area contributed by atoms with E-state index in [1.807, 2.05) is 0 Å². The van der Waals surface area contributed by atoms with Gasteiger partial charge in [0.2, 0.25) is 0 Å². The van der Waals surface area contributed by atoms with Gasteiger partial charge in [0.25, 0.3) is 0 Å². The Balaban J connectivity index is 1.54. The predicted molar refractivity (Wildman–Crippen MR) is 211 cm³/mol. The summed E-state index contributed by atoms with van der Waals surface area (Å²) in [6.07, 6.45) is 9.55. The molecule has 0 aromatic heterocycles. The second-order valence-corrected chi connectivity index (χ2v) is 13.0. The third kappa shape index (κ3) is 9.84. The molecule has 14 nitrogen and oxygen atoms in total. The van der Waals surface area contributed by atoms with E-state index >= 15 is 0 Å². The third-order valence-electron chi connectivity index (χ3n) is 9.36. The third-order valence-corrected chi connectivity index (χ3v) is 9.36. The minimum atomic E-state index is -0.0501. The van der Waals surface area contributed by atoms with Gasteiger partial charge >= 0.3 is 0 Å². The molecule has 0 fully saturated rings. The molecule has 3 heterocycles. The molecule has 3 aromatic rings. The Morgan fingerprint density at radius 3 is 0.679 bits per heavy atom. The highest BCUT2D eigenvalue weighted by molar-refractivity contribution is 5.94. The van der Waals surface area contributed by atoms with Crippen LogP contribution in [0, 0.1) is 20.8 Å². The van der Waals surface area contributed by atoms with Gasteiger partial charge in [0.1, 0.15) is 34.5 Å². The highest BCUT2D eigenvalue weighted by Crippen LogP contribution is 2.34. The molecule has 0 aliphatic carbocycles. The molecule has 0 unspecified atom stereocenters. The molecular weight excluding hydrogens is 676 g/mol. The molecule has 8 bridgehead atoms. The van der Waals surface area contributed by atoms with Gasteiger partial charge in [0.15, 0.2) is 0 Å². The topological polar surface area (TPSA) is 202 Å². The summed E-state index contributed by atoms with van der Waals surface area (Å²) >= 11 is 0.